The molecule has 1 N–H and O–H groups in total. The summed E-state index contributed by atoms with van der Waals surface area (Å²) in [5.74, 6) is 0.478. The molecule has 0 aliphatic heterocycles. The van der Waals surface area contributed by atoms with E-state index in [0.29, 0.717) is 18.2 Å². The van der Waals surface area contributed by atoms with Crippen molar-refractivity contribution in [1.82, 2.24) is 4.90 Å². The van der Waals surface area contributed by atoms with Crippen LogP contribution in [-0.2, 0) is 11.1 Å². The lowest BCUT2D eigenvalue weighted by Crippen LogP contribution is -2.20. The van der Waals surface area contributed by atoms with Crippen LogP contribution in [0.2, 0.25) is 5.02 Å². The maximum absolute atomic E-state index is 12.4. The summed E-state index contributed by atoms with van der Waals surface area (Å²) in [6, 6.07) is 7.85. The van der Waals surface area contributed by atoms with Crippen LogP contribution in [0.5, 0.6) is 0 Å². The summed E-state index contributed by atoms with van der Waals surface area (Å²) in [7, 11) is -0.897. The minimum Gasteiger partial charge on any atom is -0.344 e. The van der Waals surface area contributed by atoms with E-state index in [1.165, 1.54) is 24.8 Å². The highest BCUT2D eigenvalue weighted by molar-refractivity contribution is 7.57. The Kier molecular flexibility index (Phi) is 7.62. The molecule has 1 aliphatic carbocycles. The van der Waals surface area contributed by atoms with Gasteiger partial charge in [0.2, 0.25) is 7.37 Å². The quantitative estimate of drug-likeness (QED) is 0.664. The zero-order chi connectivity index (χ0) is 16.7. The van der Waals surface area contributed by atoms with Gasteiger partial charge in [-0.25, -0.2) is 0 Å². The smallest absolute Gasteiger partial charge is 0.200 e. The molecule has 0 spiro atoms. The third kappa shape index (κ3) is 7.39. The number of rotatable bonds is 8. The van der Waals surface area contributed by atoms with Crippen LogP contribution in [0.1, 0.15) is 44.1 Å². The van der Waals surface area contributed by atoms with Crippen LogP contribution in [0.25, 0.3) is 0 Å². The standard InChI is InChI=1S/C18H29ClNO2P/c1-20(14-16-8-10-18(19)11-9-16)12-5-13-23(21,22)15-17-6-3-2-4-7-17/h8-11,17H,2-7,12-15H2,1H3,(H,21,22). The lowest BCUT2D eigenvalue weighted by atomic mass is 9.91. The van der Waals surface area contributed by atoms with Crippen molar-refractivity contribution in [3.63, 3.8) is 0 Å². The van der Waals surface area contributed by atoms with Gasteiger partial charge in [-0.3, -0.25) is 4.57 Å². The van der Waals surface area contributed by atoms with E-state index in [0.717, 1.165) is 37.4 Å². The van der Waals surface area contributed by atoms with Gasteiger partial charge < -0.3 is 9.79 Å². The average molecular weight is 358 g/mol. The van der Waals surface area contributed by atoms with Crippen molar-refractivity contribution in [2.75, 3.05) is 25.9 Å². The van der Waals surface area contributed by atoms with Gasteiger partial charge in [0.25, 0.3) is 0 Å². The minimum atomic E-state index is -2.95. The first-order chi connectivity index (χ1) is 10.9. The summed E-state index contributed by atoms with van der Waals surface area (Å²) in [6.07, 6.45) is 7.81. The fourth-order valence-electron chi connectivity index (χ4n) is 3.43. The lowest BCUT2D eigenvalue weighted by molar-refractivity contribution is 0.325. The molecule has 1 aliphatic rings. The highest BCUT2D eigenvalue weighted by atomic mass is 35.5. The van der Waals surface area contributed by atoms with Crippen molar-refractivity contribution in [3.05, 3.63) is 34.9 Å². The summed E-state index contributed by atoms with van der Waals surface area (Å²) >= 11 is 5.89. The van der Waals surface area contributed by atoms with E-state index in [9.17, 15) is 9.46 Å². The van der Waals surface area contributed by atoms with Gasteiger partial charge in [-0.2, -0.15) is 0 Å². The highest BCUT2D eigenvalue weighted by Crippen LogP contribution is 2.45. The van der Waals surface area contributed by atoms with Gasteiger partial charge in [-0.05, 0) is 56.5 Å². The second kappa shape index (κ2) is 9.22. The van der Waals surface area contributed by atoms with Crippen molar-refractivity contribution >= 4 is 19.0 Å². The van der Waals surface area contributed by atoms with Crippen molar-refractivity contribution in [2.45, 2.75) is 45.1 Å². The maximum Gasteiger partial charge on any atom is 0.200 e. The molecule has 1 fully saturated rings. The van der Waals surface area contributed by atoms with Crippen molar-refractivity contribution < 1.29 is 9.46 Å². The Balaban J connectivity index is 1.68. The Morgan fingerprint density at radius 2 is 1.87 bits per heavy atom. The van der Waals surface area contributed by atoms with Crippen LogP contribution in [0.3, 0.4) is 0 Å². The number of nitrogens with zero attached hydrogens (tertiary/aromatic N) is 1. The van der Waals surface area contributed by atoms with Crippen molar-refractivity contribution in [1.29, 1.82) is 0 Å². The van der Waals surface area contributed by atoms with E-state index in [-0.39, 0.29) is 0 Å². The molecule has 1 unspecified atom stereocenters. The van der Waals surface area contributed by atoms with E-state index in [2.05, 4.69) is 11.9 Å². The first-order valence-electron chi connectivity index (χ1n) is 8.68. The molecular weight excluding hydrogens is 329 g/mol. The zero-order valence-electron chi connectivity index (χ0n) is 14.1. The molecule has 1 saturated carbocycles. The molecule has 0 aromatic heterocycles. The largest absolute Gasteiger partial charge is 0.344 e. The Morgan fingerprint density at radius 1 is 1.22 bits per heavy atom. The van der Waals surface area contributed by atoms with Gasteiger partial charge in [0.05, 0.1) is 0 Å². The van der Waals surface area contributed by atoms with Gasteiger partial charge in [0, 0.05) is 23.9 Å². The molecule has 3 nitrogen and oxygen atoms in total. The maximum atomic E-state index is 12.4. The summed E-state index contributed by atoms with van der Waals surface area (Å²) in [5, 5.41) is 0.750. The molecule has 130 valence electrons. The predicted molar refractivity (Wildman–Crippen MR) is 98.5 cm³/mol. The third-order valence-corrected chi connectivity index (χ3v) is 7.04. The molecule has 0 bridgehead atoms. The van der Waals surface area contributed by atoms with E-state index in [1.807, 2.05) is 24.3 Å². The molecule has 23 heavy (non-hydrogen) atoms. The van der Waals surface area contributed by atoms with E-state index in [4.69, 9.17) is 11.6 Å². The van der Waals surface area contributed by atoms with Crippen LogP contribution >= 0.6 is 19.0 Å². The fourth-order valence-corrected chi connectivity index (χ4v) is 5.55. The van der Waals surface area contributed by atoms with E-state index in [1.54, 1.807) is 0 Å². The molecule has 5 heteroatoms. The number of halogens is 1. The van der Waals surface area contributed by atoms with Gasteiger partial charge in [0.15, 0.2) is 0 Å². The summed E-state index contributed by atoms with van der Waals surface area (Å²) < 4.78 is 12.4. The van der Waals surface area contributed by atoms with Crippen molar-refractivity contribution in [3.8, 4) is 0 Å². The van der Waals surface area contributed by atoms with Gasteiger partial charge >= 0.3 is 0 Å². The predicted octanol–water partition coefficient (Wildman–Crippen LogP) is 5.01. The topological polar surface area (TPSA) is 40.5 Å². The second-order valence-electron chi connectivity index (χ2n) is 6.97. The molecule has 1 aromatic rings. The summed E-state index contributed by atoms with van der Waals surface area (Å²) in [6.45, 7) is 1.69. The Hall–Kier alpha value is -0.340. The SMILES string of the molecule is CN(CCCP(=O)(O)CC1CCCCC1)Cc1ccc(Cl)cc1. The average Bonchev–Trinajstić information content (AvgIpc) is 2.50. The molecule has 1 atom stereocenters. The molecular formula is C18H29ClNO2P. The van der Waals surface area contributed by atoms with E-state index < -0.39 is 7.37 Å². The third-order valence-electron chi connectivity index (χ3n) is 4.68. The van der Waals surface area contributed by atoms with E-state index >= 15 is 0 Å². The molecule has 0 radical (unpaired) electrons. The summed E-state index contributed by atoms with van der Waals surface area (Å²) in [5.41, 5.74) is 1.21. The van der Waals surface area contributed by atoms with Crippen LogP contribution in [-0.4, -0.2) is 35.7 Å². The van der Waals surface area contributed by atoms with Crippen molar-refractivity contribution in [2.24, 2.45) is 5.92 Å². The highest BCUT2D eigenvalue weighted by Gasteiger charge is 2.25. The first-order valence-corrected chi connectivity index (χ1v) is 11.1. The zero-order valence-corrected chi connectivity index (χ0v) is 15.7. The molecule has 1 aromatic carbocycles. The first kappa shape index (κ1) is 19.0. The Morgan fingerprint density at radius 3 is 2.52 bits per heavy atom. The minimum absolute atomic E-state index is 0.453. The Labute approximate surface area is 145 Å². The fraction of sp³-hybridized carbons (Fsp3) is 0.667. The van der Waals surface area contributed by atoms with Crippen LogP contribution < -0.4 is 0 Å². The second-order valence-corrected chi connectivity index (χ2v) is 9.92. The monoisotopic (exact) mass is 357 g/mol. The van der Waals surface area contributed by atoms with Crippen LogP contribution in [0.4, 0.5) is 0 Å². The number of hydrogen-bond acceptors (Lipinski definition) is 2. The normalized spacial score (nSPS) is 19.0. The molecule has 2 rings (SSSR count). The van der Waals surface area contributed by atoms with Crippen LogP contribution in [0.15, 0.2) is 24.3 Å². The molecule has 0 amide bonds. The molecule has 0 heterocycles. The van der Waals surface area contributed by atoms with Gasteiger partial charge in [-0.15, -0.1) is 0 Å². The Bertz CT molecular complexity index is 514. The van der Waals surface area contributed by atoms with Gasteiger partial charge in [-0.1, -0.05) is 43.0 Å². The molecule has 0 saturated heterocycles. The van der Waals surface area contributed by atoms with Gasteiger partial charge in [0.1, 0.15) is 0 Å². The van der Waals surface area contributed by atoms with Crippen LogP contribution in [0, 0.1) is 5.92 Å². The number of hydrogen-bond donors (Lipinski definition) is 1. The lowest BCUT2D eigenvalue weighted by Gasteiger charge is -2.24. The number of benzene rings is 1. The summed E-state index contributed by atoms with van der Waals surface area (Å²) in [4.78, 5) is 12.4.